The van der Waals surface area contributed by atoms with Gasteiger partial charge in [0.25, 0.3) is 0 Å². The summed E-state index contributed by atoms with van der Waals surface area (Å²) in [6.45, 7) is 5.45. The first kappa shape index (κ1) is 23.8. The van der Waals surface area contributed by atoms with Crippen LogP contribution in [0.2, 0.25) is 0 Å². The number of hydrogen-bond donors (Lipinski definition) is 1. The molecule has 0 bridgehead atoms. The molecule has 0 heterocycles. The van der Waals surface area contributed by atoms with Gasteiger partial charge in [-0.05, 0) is 18.6 Å². The summed E-state index contributed by atoms with van der Waals surface area (Å²) < 4.78 is 16.7. The van der Waals surface area contributed by atoms with Crippen LogP contribution in [0.4, 0.5) is 5.69 Å². The zero-order valence-corrected chi connectivity index (χ0v) is 17.4. The topological polar surface area (TPSA) is 53.7 Å². The second-order valence-corrected chi connectivity index (χ2v) is 7.15. The van der Waals surface area contributed by atoms with Crippen molar-refractivity contribution in [2.75, 3.05) is 38.8 Å². The van der Waals surface area contributed by atoms with Crippen LogP contribution < -0.4 is 10.5 Å². The van der Waals surface area contributed by atoms with E-state index < -0.39 is 0 Å². The Morgan fingerprint density at radius 1 is 0.630 bits per heavy atom. The van der Waals surface area contributed by atoms with E-state index in [0.717, 1.165) is 13.0 Å². The standard InChI is InChI=1S/C23H41NO3/c1-2-3-4-5-6-7-8-9-10-11-14-17-25-18-19-26-20-21-27-23-16-13-12-15-22(23)24/h12-13,15-16H,2-11,14,17-21,24H2,1H3. The van der Waals surface area contributed by atoms with Gasteiger partial charge >= 0.3 is 0 Å². The number of para-hydroxylation sites is 2. The molecule has 0 aliphatic carbocycles. The van der Waals surface area contributed by atoms with Crippen molar-refractivity contribution < 1.29 is 14.2 Å². The second-order valence-electron chi connectivity index (χ2n) is 7.15. The number of unbranched alkanes of at least 4 members (excludes halogenated alkanes) is 10. The first-order chi connectivity index (χ1) is 13.3. The summed E-state index contributed by atoms with van der Waals surface area (Å²) in [5.74, 6) is 0.717. The Balaban J connectivity index is 1.73. The Hall–Kier alpha value is -1.26. The SMILES string of the molecule is CCCCCCCCCCCCCOCCOCCOc1ccccc1N. The predicted octanol–water partition coefficient (Wildman–Crippen LogP) is 5.99. The van der Waals surface area contributed by atoms with Crippen LogP contribution in [0.15, 0.2) is 24.3 Å². The maximum absolute atomic E-state index is 5.81. The van der Waals surface area contributed by atoms with Crippen LogP contribution in [0.3, 0.4) is 0 Å². The zero-order valence-electron chi connectivity index (χ0n) is 17.4. The molecule has 0 aliphatic rings. The Bertz CT molecular complexity index is 439. The third kappa shape index (κ3) is 14.5. The number of ether oxygens (including phenoxy) is 3. The lowest BCUT2D eigenvalue weighted by atomic mass is 10.1. The first-order valence-corrected chi connectivity index (χ1v) is 11.0. The molecule has 0 atom stereocenters. The lowest BCUT2D eigenvalue weighted by Crippen LogP contribution is -2.11. The van der Waals surface area contributed by atoms with Gasteiger partial charge in [-0.2, -0.15) is 0 Å². The fourth-order valence-corrected chi connectivity index (χ4v) is 3.01. The van der Waals surface area contributed by atoms with Crippen molar-refractivity contribution in [2.45, 2.75) is 77.6 Å². The third-order valence-corrected chi connectivity index (χ3v) is 4.67. The number of anilines is 1. The van der Waals surface area contributed by atoms with Crippen molar-refractivity contribution in [3.05, 3.63) is 24.3 Å². The molecule has 27 heavy (non-hydrogen) atoms. The molecule has 0 saturated heterocycles. The average molecular weight is 380 g/mol. The van der Waals surface area contributed by atoms with E-state index in [2.05, 4.69) is 6.92 Å². The summed E-state index contributed by atoms with van der Waals surface area (Å²) in [7, 11) is 0. The minimum absolute atomic E-state index is 0.507. The fourth-order valence-electron chi connectivity index (χ4n) is 3.01. The molecule has 0 aromatic heterocycles. The van der Waals surface area contributed by atoms with Crippen molar-refractivity contribution in [3.8, 4) is 5.75 Å². The molecule has 4 nitrogen and oxygen atoms in total. The molecule has 2 N–H and O–H groups in total. The number of nitrogens with two attached hydrogens (primary N) is 1. The lowest BCUT2D eigenvalue weighted by Gasteiger charge is -2.09. The van der Waals surface area contributed by atoms with E-state index in [0.29, 0.717) is 37.9 Å². The van der Waals surface area contributed by atoms with Crippen LogP contribution in [0.25, 0.3) is 0 Å². The molecule has 0 radical (unpaired) electrons. The molecule has 156 valence electrons. The summed E-state index contributed by atoms with van der Waals surface area (Å²) in [5, 5.41) is 0. The first-order valence-electron chi connectivity index (χ1n) is 11.0. The normalized spacial score (nSPS) is 11.0. The van der Waals surface area contributed by atoms with E-state index >= 15 is 0 Å². The van der Waals surface area contributed by atoms with E-state index in [-0.39, 0.29) is 0 Å². The van der Waals surface area contributed by atoms with Crippen molar-refractivity contribution >= 4 is 5.69 Å². The Morgan fingerprint density at radius 2 is 1.15 bits per heavy atom. The Kier molecular flexibility index (Phi) is 16.0. The molecule has 0 amide bonds. The summed E-state index contributed by atoms with van der Waals surface area (Å²) >= 11 is 0. The van der Waals surface area contributed by atoms with Gasteiger partial charge in [0.1, 0.15) is 12.4 Å². The van der Waals surface area contributed by atoms with Crippen molar-refractivity contribution in [3.63, 3.8) is 0 Å². The molecule has 1 rings (SSSR count). The predicted molar refractivity (Wildman–Crippen MR) is 114 cm³/mol. The van der Waals surface area contributed by atoms with Gasteiger partial charge in [-0.3, -0.25) is 0 Å². The summed E-state index contributed by atoms with van der Waals surface area (Å²) in [6.07, 6.45) is 15.0. The summed E-state index contributed by atoms with van der Waals surface area (Å²) in [6, 6.07) is 7.51. The van der Waals surface area contributed by atoms with Gasteiger partial charge in [-0.25, -0.2) is 0 Å². The fraction of sp³-hybridized carbons (Fsp3) is 0.739. The molecule has 0 unspecified atom stereocenters. The Labute approximate surface area is 166 Å². The lowest BCUT2D eigenvalue weighted by molar-refractivity contribution is 0.0353. The minimum atomic E-state index is 0.507. The van der Waals surface area contributed by atoms with E-state index in [1.807, 2.05) is 24.3 Å². The van der Waals surface area contributed by atoms with Gasteiger partial charge in [-0.1, -0.05) is 83.3 Å². The molecule has 0 saturated carbocycles. The summed E-state index contributed by atoms with van der Waals surface area (Å²) in [5.41, 5.74) is 6.47. The average Bonchev–Trinajstić information content (AvgIpc) is 2.68. The van der Waals surface area contributed by atoms with Gasteiger partial charge < -0.3 is 19.9 Å². The Morgan fingerprint density at radius 3 is 1.78 bits per heavy atom. The molecule has 0 spiro atoms. The van der Waals surface area contributed by atoms with E-state index in [9.17, 15) is 0 Å². The number of benzene rings is 1. The van der Waals surface area contributed by atoms with Crippen LogP contribution in [-0.4, -0.2) is 33.0 Å². The van der Waals surface area contributed by atoms with E-state index in [1.54, 1.807) is 0 Å². The smallest absolute Gasteiger partial charge is 0.142 e. The maximum Gasteiger partial charge on any atom is 0.142 e. The molecule has 1 aromatic carbocycles. The quantitative estimate of drug-likeness (QED) is 0.237. The highest BCUT2D eigenvalue weighted by Crippen LogP contribution is 2.19. The number of nitrogen functional groups attached to an aromatic ring is 1. The minimum Gasteiger partial charge on any atom is -0.489 e. The highest BCUT2D eigenvalue weighted by molar-refractivity contribution is 5.51. The van der Waals surface area contributed by atoms with Crippen LogP contribution in [0.5, 0.6) is 5.75 Å². The van der Waals surface area contributed by atoms with Gasteiger partial charge in [0.05, 0.1) is 25.5 Å². The third-order valence-electron chi connectivity index (χ3n) is 4.67. The highest BCUT2D eigenvalue weighted by Gasteiger charge is 1.98. The molecule has 0 fully saturated rings. The molecule has 4 heteroatoms. The highest BCUT2D eigenvalue weighted by atomic mass is 16.5. The van der Waals surface area contributed by atoms with Crippen molar-refractivity contribution in [1.82, 2.24) is 0 Å². The number of hydrogen-bond acceptors (Lipinski definition) is 4. The van der Waals surface area contributed by atoms with E-state index in [1.165, 1.54) is 64.2 Å². The van der Waals surface area contributed by atoms with Crippen LogP contribution in [0, 0.1) is 0 Å². The van der Waals surface area contributed by atoms with Crippen LogP contribution >= 0.6 is 0 Å². The largest absolute Gasteiger partial charge is 0.489 e. The molecular weight excluding hydrogens is 338 g/mol. The second kappa shape index (κ2) is 18.1. The molecule has 1 aromatic rings. The van der Waals surface area contributed by atoms with Crippen molar-refractivity contribution in [1.29, 1.82) is 0 Å². The molecular formula is C23H41NO3. The van der Waals surface area contributed by atoms with Crippen LogP contribution in [0.1, 0.15) is 77.6 Å². The summed E-state index contributed by atoms with van der Waals surface area (Å²) in [4.78, 5) is 0. The van der Waals surface area contributed by atoms with Crippen LogP contribution in [-0.2, 0) is 9.47 Å². The van der Waals surface area contributed by atoms with E-state index in [4.69, 9.17) is 19.9 Å². The van der Waals surface area contributed by atoms with Gasteiger partial charge in [0.2, 0.25) is 0 Å². The van der Waals surface area contributed by atoms with Gasteiger partial charge in [0, 0.05) is 6.61 Å². The number of rotatable bonds is 19. The van der Waals surface area contributed by atoms with Gasteiger partial charge in [-0.15, -0.1) is 0 Å². The maximum atomic E-state index is 5.81. The van der Waals surface area contributed by atoms with Crippen molar-refractivity contribution in [2.24, 2.45) is 0 Å². The molecule has 0 aliphatic heterocycles. The zero-order chi connectivity index (χ0) is 19.4. The van der Waals surface area contributed by atoms with Gasteiger partial charge in [0.15, 0.2) is 0 Å². The monoisotopic (exact) mass is 379 g/mol.